The molecule has 3 aliphatic rings. The average Bonchev–Trinajstić information content (AvgIpc) is 3.49. The minimum Gasteiger partial charge on any atom is -0.492 e. The molecule has 1 spiro atoms. The zero-order chi connectivity index (χ0) is 23.3. The first-order valence-electron chi connectivity index (χ1n) is 11.8. The number of benzene rings is 3. The van der Waals surface area contributed by atoms with Crippen LogP contribution in [0.15, 0.2) is 48.5 Å². The maximum absolute atomic E-state index is 13.9. The van der Waals surface area contributed by atoms with Crippen molar-refractivity contribution in [2.75, 3.05) is 36.7 Å². The van der Waals surface area contributed by atoms with Gasteiger partial charge in [-0.05, 0) is 36.8 Å². The van der Waals surface area contributed by atoms with E-state index in [4.69, 9.17) is 14.2 Å². The number of nitrogens with one attached hydrogen (secondary N) is 1. The van der Waals surface area contributed by atoms with Crippen LogP contribution in [0.1, 0.15) is 37.3 Å². The van der Waals surface area contributed by atoms with Crippen LogP contribution >= 0.6 is 0 Å². The van der Waals surface area contributed by atoms with Crippen molar-refractivity contribution >= 4 is 17.1 Å². The number of hydrogen-bond donors (Lipinski definition) is 1. The standard InChI is InChI=1S/C27H26F2N2O3/c1-2-3-4-8-31-14-27(15-32-23-13-25-24(12-20(23)27)33-16-34-25)26-21(6-5-7-22(26)31)30-19-10-17(28)9-18(29)11-19/h5-7,9-13,30H,2-4,8,14-16H2,1H3. The van der Waals surface area contributed by atoms with Crippen LogP contribution in [0.4, 0.5) is 25.8 Å². The molecule has 6 rings (SSSR count). The van der Waals surface area contributed by atoms with Gasteiger partial charge in [-0.3, -0.25) is 0 Å². The lowest BCUT2D eigenvalue weighted by atomic mass is 9.76. The molecule has 3 aromatic rings. The van der Waals surface area contributed by atoms with Crippen LogP contribution in [0.5, 0.6) is 17.2 Å². The van der Waals surface area contributed by atoms with Crippen LogP contribution in [0.2, 0.25) is 0 Å². The Morgan fingerprint density at radius 1 is 0.941 bits per heavy atom. The summed E-state index contributed by atoms with van der Waals surface area (Å²) in [7, 11) is 0. The van der Waals surface area contributed by atoms with Crippen LogP contribution in [-0.4, -0.2) is 26.5 Å². The zero-order valence-corrected chi connectivity index (χ0v) is 19.0. The third-order valence-electron chi connectivity index (χ3n) is 6.96. The summed E-state index contributed by atoms with van der Waals surface area (Å²) in [5, 5.41) is 3.29. The summed E-state index contributed by atoms with van der Waals surface area (Å²) in [4.78, 5) is 2.41. The van der Waals surface area contributed by atoms with Crippen molar-refractivity contribution in [2.24, 2.45) is 0 Å². The van der Waals surface area contributed by atoms with Gasteiger partial charge in [0.05, 0.1) is 5.41 Å². The molecule has 0 bridgehead atoms. The minimum atomic E-state index is -0.617. The quantitative estimate of drug-likeness (QED) is 0.445. The van der Waals surface area contributed by atoms with Crippen LogP contribution < -0.4 is 24.4 Å². The highest BCUT2D eigenvalue weighted by Crippen LogP contribution is 2.56. The normalized spacial score (nSPS) is 19.3. The number of hydrogen-bond acceptors (Lipinski definition) is 5. The first-order valence-corrected chi connectivity index (χ1v) is 11.8. The molecule has 0 aromatic heterocycles. The van der Waals surface area contributed by atoms with E-state index < -0.39 is 17.0 Å². The van der Waals surface area contributed by atoms with E-state index in [1.54, 1.807) is 0 Å². The van der Waals surface area contributed by atoms with Gasteiger partial charge in [0.25, 0.3) is 0 Å². The van der Waals surface area contributed by atoms with E-state index in [1.807, 2.05) is 24.3 Å². The van der Waals surface area contributed by atoms with E-state index in [9.17, 15) is 8.78 Å². The summed E-state index contributed by atoms with van der Waals surface area (Å²) in [5.41, 5.74) is 3.99. The highest BCUT2D eigenvalue weighted by atomic mass is 19.1. The Kier molecular flexibility index (Phi) is 5.01. The Hall–Kier alpha value is -3.48. The van der Waals surface area contributed by atoms with Crippen LogP contribution in [0, 0.1) is 11.6 Å². The van der Waals surface area contributed by atoms with Crippen LogP contribution in [-0.2, 0) is 5.41 Å². The average molecular weight is 465 g/mol. The summed E-state index contributed by atoms with van der Waals surface area (Å²) in [5.74, 6) is 0.960. The fourth-order valence-corrected chi connectivity index (χ4v) is 5.47. The molecule has 0 saturated carbocycles. The van der Waals surface area contributed by atoms with E-state index in [1.165, 1.54) is 12.1 Å². The van der Waals surface area contributed by atoms with Crippen molar-refractivity contribution in [3.05, 3.63) is 71.3 Å². The van der Waals surface area contributed by atoms with Gasteiger partial charge < -0.3 is 24.4 Å². The van der Waals surface area contributed by atoms with Crippen molar-refractivity contribution in [3.8, 4) is 17.2 Å². The molecule has 0 aliphatic carbocycles. The molecule has 34 heavy (non-hydrogen) atoms. The van der Waals surface area contributed by atoms with E-state index in [0.717, 1.165) is 66.7 Å². The van der Waals surface area contributed by atoms with Gasteiger partial charge in [0.2, 0.25) is 6.79 Å². The lowest BCUT2D eigenvalue weighted by Gasteiger charge is -2.26. The second-order valence-electron chi connectivity index (χ2n) is 9.18. The fraction of sp³-hybridized carbons (Fsp3) is 0.333. The molecule has 1 N–H and O–H groups in total. The van der Waals surface area contributed by atoms with Gasteiger partial charge in [-0.1, -0.05) is 25.8 Å². The monoisotopic (exact) mass is 464 g/mol. The summed E-state index contributed by atoms with van der Waals surface area (Å²) >= 11 is 0. The van der Waals surface area contributed by atoms with Gasteiger partial charge in [-0.2, -0.15) is 0 Å². The number of unbranched alkanes of at least 4 members (excludes halogenated alkanes) is 2. The Morgan fingerprint density at radius 3 is 2.53 bits per heavy atom. The molecule has 7 heteroatoms. The van der Waals surface area contributed by atoms with Crippen LogP contribution in [0.3, 0.4) is 0 Å². The van der Waals surface area contributed by atoms with Gasteiger partial charge in [-0.25, -0.2) is 8.78 Å². The smallest absolute Gasteiger partial charge is 0.231 e. The maximum atomic E-state index is 13.9. The van der Waals surface area contributed by atoms with Gasteiger partial charge in [0.15, 0.2) is 11.5 Å². The highest BCUT2D eigenvalue weighted by molar-refractivity contribution is 5.80. The number of nitrogens with zero attached hydrogens (tertiary/aromatic N) is 1. The van der Waals surface area contributed by atoms with Crippen molar-refractivity contribution in [3.63, 3.8) is 0 Å². The predicted octanol–water partition coefficient (Wildman–Crippen LogP) is 6.13. The minimum absolute atomic E-state index is 0.197. The molecule has 0 saturated heterocycles. The fourth-order valence-electron chi connectivity index (χ4n) is 5.47. The number of fused-ring (bicyclic) bond motifs is 5. The summed E-state index contributed by atoms with van der Waals surface area (Å²) in [6, 6.07) is 13.5. The molecule has 3 aliphatic heterocycles. The third-order valence-corrected chi connectivity index (χ3v) is 6.96. The van der Waals surface area contributed by atoms with Gasteiger partial charge in [-0.15, -0.1) is 0 Å². The topological polar surface area (TPSA) is 43.0 Å². The molecule has 0 fully saturated rings. The van der Waals surface area contributed by atoms with Crippen molar-refractivity contribution < 1.29 is 23.0 Å². The molecule has 3 aromatic carbocycles. The SMILES string of the molecule is CCCCCN1CC2(COc3cc4c(cc32)OCO4)c2c(Nc3cc(F)cc(F)c3)cccc21. The Morgan fingerprint density at radius 2 is 1.74 bits per heavy atom. The van der Waals surface area contributed by atoms with Crippen molar-refractivity contribution in [2.45, 2.75) is 31.6 Å². The molecule has 1 unspecified atom stereocenters. The summed E-state index contributed by atoms with van der Waals surface area (Å²) in [6.45, 7) is 4.56. The molecule has 176 valence electrons. The van der Waals surface area contributed by atoms with Gasteiger partial charge in [0, 0.05) is 53.4 Å². The van der Waals surface area contributed by atoms with E-state index in [0.29, 0.717) is 23.8 Å². The molecule has 0 amide bonds. The Bertz CT molecular complexity index is 1240. The number of halogens is 2. The summed E-state index contributed by atoms with van der Waals surface area (Å²) in [6.07, 6.45) is 3.40. The second-order valence-corrected chi connectivity index (χ2v) is 9.18. The van der Waals surface area contributed by atoms with Crippen molar-refractivity contribution in [1.29, 1.82) is 0 Å². The first kappa shape index (κ1) is 21.1. The first-order chi connectivity index (χ1) is 16.6. The zero-order valence-electron chi connectivity index (χ0n) is 19.0. The number of anilines is 3. The van der Waals surface area contributed by atoms with E-state index >= 15 is 0 Å². The highest BCUT2D eigenvalue weighted by Gasteiger charge is 2.51. The van der Waals surface area contributed by atoms with Gasteiger partial charge in [0.1, 0.15) is 24.0 Å². The molecule has 1 atom stereocenters. The molecule has 3 heterocycles. The number of ether oxygens (including phenoxy) is 3. The van der Waals surface area contributed by atoms with Crippen LogP contribution in [0.25, 0.3) is 0 Å². The second kappa shape index (κ2) is 8.08. The van der Waals surface area contributed by atoms with Crippen molar-refractivity contribution in [1.82, 2.24) is 0 Å². The molecule has 5 nitrogen and oxygen atoms in total. The largest absolute Gasteiger partial charge is 0.492 e. The lowest BCUT2D eigenvalue weighted by Crippen LogP contribution is -2.36. The molecule has 0 radical (unpaired) electrons. The van der Waals surface area contributed by atoms with E-state index in [-0.39, 0.29) is 6.79 Å². The molecular formula is C27H26F2N2O3. The molecular weight excluding hydrogens is 438 g/mol. The predicted molar refractivity (Wildman–Crippen MR) is 127 cm³/mol. The van der Waals surface area contributed by atoms with Gasteiger partial charge >= 0.3 is 0 Å². The summed E-state index contributed by atoms with van der Waals surface area (Å²) < 4.78 is 45.3. The maximum Gasteiger partial charge on any atom is 0.231 e. The number of rotatable bonds is 6. The Labute approximate surface area is 197 Å². The lowest BCUT2D eigenvalue weighted by molar-refractivity contribution is 0.173. The third kappa shape index (κ3) is 3.33. The Balaban J connectivity index is 1.48. The van der Waals surface area contributed by atoms with E-state index in [2.05, 4.69) is 23.2 Å².